The Balaban J connectivity index is 1.94. The summed E-state index contributed by atoms with van der Waals surface area (Å²) in [6.45, 7) is 5.90. The first kappa shape index (κ1) is 16.5. The van der Waals surface area contributed by atoms with Crippen molar-refractivity contribution in [2.75, 3.05) is 24.5 Å². The van der Waals surface area contributed by atoms with Crippen LogP contribution in [0.4, 0.5) is 5.69 Å². The van der Waals surface area contributed by atoms with Crippen LogP contribution in [-0.2, 0) is 0 Å². The van der Waals surface area contributed by atoms with Crippen molar-refractivity contribution in [2.45, 2.75) is 13.8 Å². The minimum atomic E-state index is -1.21. The molecule has 7 nitrogen and oxygen atoms in total. The molecule has 1 amide bonds. The molecule has 1 aromatic carbocycles. The Kier molecular flexibility index (Phi) is 5.35. The summed E-state index contributed by atoms with van der Waals surface area (Å²) in [5.41, 5.74) is 1.96. The largest absolute Gasteiger partial charge is 0.477 e. The molecule has 7 heteroatoms. The van der Waals surface area contributed by atoms with Gasteiger partial charge in [0, 0.05) is 25.3 Å². The zero-order valence-electron chi connectivity index (χ0n) is 13.2. The number of nitrogens with one attached hydrogen (secondary N) is 2. The maximum Gasteiger partial charge on any atom is 0.354 e. The molecule has 1 heterocycles. The summed E-state index contributed by atoms with van der Waals surface area (Å²) < 4.78 is 0. The van der Waals surface area contributed by atoms with E-state index < -0.39 is 11.9 Å². The fourth-order valence-electron chi connectivity index (χ4n) is 2.31. The van der Waals surface area contributed by atoms with E-state index in [2.05, 4.69) is 26.3 Å². The van der Waals surface area contributed by atoms with E-state index in [1.165, 1.54) is 11.9 Å². The molecule has 0 aliphatic heterocycles. The van der Waals surface area contributed by atoms with E-state index in [4.69, 9.17) is 5.11 Å². The normalized spacial score (nSPS) is 10.3. The number of hydrogen-bond acceptors (Lipinski definition) is 4. The maximum atomic E-state index is 12.0. The van der Waals surface area contributed by atoms with Crippen molar-refractivity contribution in [1.82, 2.24) is 15.3 Å². The Hall–Kier alpha value is -2.83. The van der Waals surface area contributed by atoms with Gasteiger partial charge >= 0.3 is 5.97 Å². The van der Waals surface area contributed by atoms with Gasteiger partial charge in [0.05, 0.1) is 6.33 Å². The van der Waals surface area contributed by atoms with Gasteiger partial charge in [-0.3, -0.25) is 4.79 Å². The number of H-pyrrole nitrogens is 1. The molecule has 1 aromatic heterocycles. The number of amides is 1. The van der Waals surface area contributed by atoms with Crippen LogP contribution in [-0.4, -0.2) is 46.6 Å². The van der Waals surface area contributed by atoms with E-state index in [1.54, 1.807) is 0 Å². The Morgan fingerprint density at radius 2 is 2.17 bits per heavy atom. The first-order valence-corrected chi connectivity index (χ1v) is 7.39. The van der Waals surface area contributed by atoms with Crippen LogP contribution in [0.5, 0.6) is 0 Å². The van der Waals surface area contributed by atoms with Gasteiger partial charge in [-0.25, -0.2) is 9.78 Å². The first-order valence-electron chi connectivity index (χ1n) is 7.39. The van der Waals surface area contributed by atoms with E-state index in [-0.39, 0.29) is 11.4 Å². The molecule has 2 rings (SSSR count). The van der Waals surface area contributed by atoms with Crippen LogP contribution >= 0.6 is 0 Å². The van der Waals surface area contributed by atoms with Crippen LogP contribution in [0.2, 0.25) is 0 Å². The fraction of sp³-hybridized carbons (Fsp3) is 0.312. The first-order chi connectivity index (χ1) is 11.0. The molecule has 0 bridgehead atoms. The van der Waals surface area contributed by atoms with Gasteiger partial charge in [-0.1, -0.05) is 12.1 Å². The molecule has 0 saturated carbocycles. The molecule has 0 fully saturated rings. The average Bonchev–Trinajstić information content (AvgIpc) is 3.01. The fourth-order valence-corrected chi connectivity index (χ4v) is 2.31. The van der Waals surface area contributed by atoms with Crippen LogP contribution in [0.15, 0.2) is 30.6 Å². The summed E-state index contributed by atoms with van der Waals surface area (Å²) in [5, 5.41) is 11.7. The van der Waals surface area contributed by atoms with Crippen LogP contribution in [0, 0.1) is 6.92 Å². The highest BCUT2D eigenvalue weighted by Gasteiger charge is 2.19. The maximum absolute atomic E-state index is 12.0. The van der Waals surface area contributed by atoms with E-state index in [0.29, 0.717) is 13.1 Å². The SMILES string of the molecule is CCN(CCNC(=O)c1nc[nH]c1C(=O)O)c1cccc(C)c1. The number of imidazole rings is 1. The number of hydrogen-bond donors (Lipinski definition) is 3. The Morgan fingerprint density at radius 1 is 1.39 bits per heavy atom. The lowest BCUT2D eigenvalue weighted by Gasteiger charge is -2.23. The van der Waals surface area contributed by atoms with Gasteiger partial charge < -0.3 is 20.3 Å². The molecule has 2 aromatic rings. The molecule has 0 spiro atoms. The second kappa shape index (κ2) is 7.44. The van der Waals surface area contributed by atoms with Crippen molar-refractivity contribution in [3.05, 3.63) is 47.5 Å². The summed E-state index contributed by atoms with van der Waals surface area (Å²) >= 11 is 0. The number of likely N-dealkylation sites (N-methyl/N-ethyl adjacent to an activating group) is 1. The van der Waals surface area contributed by atoms with Crippen molar-refractivity contribution in [2.24, 2.45) is 0 Å². The van der Waals surface area contributed by atoms with Gasteiger partial charge in [0.1, 0.15) is 0 Å². The number of nitrogens with zero attached hydrogens (tertiary/aromatic N) is 2. The molecule has 3 N–H and O–H groups in total. The van der Waals surface area contributed by atoms with Crippen LogP contribution < -0.4 is 10.2 Å². The van der Waals surface area contributed by atoms with Gasteiger partial charge in [0.15, 0.2) is 11.4 Å². The van der Waals surface area contributed by atoms with Crippen molar-refractivity contribution in [1.29, 1.82) is 0 Å². The van der Waals surface area contributed by atoms with Gasteiger partial charge in [0.2, 0.25) is 0 Å². The molecule has 0 aliphatic carbocycles. The summed E-state index contributed by atoms with van der Waals surface area (Å²) in [6.07, 6.45) is 1.20. The minimum Gasteiger partial charge on any atom is -0.477 e. The number of carbonyl (C=O) groups is 2. The van der Waals surface area contributed by atoms with Gasteiger partial charge in [-0.2, -0.15) is 0 Å². The second-order valence-corrected chi connectivity index (χ2v) is 5.11. The van der Waals surface area contributed by atoms with E-state index in [0.717, 1.165) is 12.2 Å². The molecular weight excluding hydrogens is 296 g/mol. The summed E-state index contributed by atoms with van der Waals surface area (Å²) in [5.74, 6) is -1.70. The standard InChI is InChI=1S/C16H20N4O3/c1-3-20(12-6-4-5-11(2)9-12)8-7-17-15(21)13-14(16(22)23)19-10-18-13/h4-6,9-10H,3,7-8H2,1-2H3,(H,17,21)(H,18,19)(H,22,23). The lowest BCUT2D eigenvalue weighted by molar-refractivity contribution is 0.0685. The molecule has 0 aliphatic rings. The number of aromatic carboxylic acids is 1. The van der Waals surface area contributed by atoms with Crippen molar-refractivity contribution in [3.63, 3.8) is 0 Å². The molecule has 0 saturated heterocycles. The highest BCUT2D eigenvalue weighted by Crippen LogP contribution is 2.15. The third-order valence-corrected chi connectivity index (χ3v) is 3.48. The van der Waals surface area contributed by atoms with Gasteiger partial charge in [0.25, 0.3) is 5.91 Å². The third kappa shape index (κ3) is 4.09. The number of carboxylic acids is 1. The summed E-state index contributed by atoms with van der Waals surface area (Å²) in [7, 11) is 0. The molecule has 0 atom stereocenters. The molecule has 23 heavy (non-hydrogen) atoms. The third-order valence-electron chi connectivity index (χ3n) is 3.48. The van der Waals surface area contributed by atoms with Crippen LogP contribution in [0.3, 0.4) is 0 Å². The average molecular weight is 316 g/mol. The Bertz CT molecular complexity index is 696. The number of carboxylic acid groups (broad SMARTS) is 1. The number of aromatic nitrogens is 2. The smallest absolute Gasteiger partial charge is 0.354 e. The Morgan fingerprint density at radius 3 is 2.83 bits per heavy atom. The second-order valence-electron chi connectivity index (χ2n) is 5.11. The Labute approximate surface area is 134 Å². The van der Waals surface area contributed by atoms with Crippen molar-refractivity contribution < 1.29 is 14.7 Å². The van der Waals surface area contributed by atoms with E-state index in [9.17, 15) is 9.59 Å². The predicted octanol–water partition coefficient (Wildman–Crippen LogP) is 1.67. The quantitative estimate of drug-likeness (QED) is 0.722. The predicted molar refractivity (Wildman–Crippen MR) is 86.9 cm³/mol. The topological polar surface area (TPSA) is 98.3 Å². The molecule has 122 valence electrons. The number of benzene rings is 1. The molecule has 0 unspecified atom stereocenters. The van der Waals surface area contributed by atoms with Crippen molar-refractivity contribution in [3.8, 4) is 0 Å². The summed E-state index contributed by atoms with van der Waals surface area (Å²) in [4.78, 5) is 31.3. The van der Waals surface area contributed by atoms with E-state index in [1.807, 2.05) is 32.0 Å². The number of carbonyl (C=O) groups excluding carboxylic acids is 1. The number of rotatable bonds is 7. The van der Waals surface area contributed by atoms with E-state index >= 15 is 0 Å². The molecular formula is C16H20N4O3. The minimum absolute atomic E-state index is 0.101. The number of aromatic amines is 1. The lowest BCUT2D eigenvalue weighted by atomic mass is 10.2. The highest BCUT2D eigenvalue weighted by atomic mass is 16.4. The van der Waals surface area contributed by atoms with Crippen LogP contribution in [0.25, 0.3) is 0 Å². The number of aryl methyl sites for hydroxylation is 1. The lowest BCUT2D eigenvalue weighted by Crippen LogP contribution is -2.35. The highest BCUT2D eigenvalue weighted by molar-refractivity contribution is 6.02. The monoisotopic (exact) mass is 316 g/mol. The molecule has 0 radical (unpaired) electrons. The summed E-state index contributed by atoms with van der Waals surface area (Å²) in [6, 6.07) is 8.13. The zero-order chi connectivity index (χ0) is 16.8. The van der Waals surface area contributed by atoms with Gasteiger partial charge in [-0.05, 0) is 31.5 Å². The zero-order valence-corrected chi connectivity index (χ0v) is 13.2. The van der Waals surface area contributed by atoms with Gasteiger partial charge in [-0.15, -0.1) is 0 Å². The number of anilines is 1. The van der Waals surface area contributed by atoms with Crippen molar-refractivity contribution >= 4 is 17.6 Å². The van der Waals surface area contributed by atoms with Crippen LogP contribution in [0.1, 0.15) is 33.5 Å².